The van der Waals surface area contributed by atoms with E-state index in [1.54, 1.807) is 52.0 Å². The maximum Gasteiger partial charge on any atom is 0.179 e. The Morgan fingerprint density at radius 2 is 1.60 bits per heavy atom. The van der Waals surface area contributed by atoms with E-state index in [-0.39, 0.29) is 22.9 Å². The van der Waals surface area contributed by atoms with E-state index >= 15 is 0 Å². The molecule has 30 heavy (non-hydrogen) atoms. The molecule has 1 fully saturated rings. The molecule has 0 spiro atoms. The lowest BCUT2D eigenvalue weighted by molar-refractivity contribution is -0.184. The summed E-state index contributed by atoms with van der Waals surface area (Å²) >= 11 is 0. The second kappa shape index (κ2) is 7.66. The predicted octanol–water partition coefficient (Wildman–Crippen LogP) is 4.86. The van der Waals surface area contributed by atoms with Crippen molar-refractivity contribution in [1.82, 2.24) is 0 Å². The van der Waals surface area contributed by atoms with Gasteiger partial charge in [0.1, 0.15) is 40.5 Å². The van der Waals surface area contributed by atoms with Gasteiger partial charge in [-0.2, -0.15) is 5.26 Å². The first kappa shape index (κ1) is 21.7. The van der Waals surface area contributed by atoms with E-state index in [2.05, 4.69) is 0 Å². The molecule has 0 aliphatic carbocycles. The van der Waals surface area contributed by atoms with E-state index in [0.29, 0.717) is 17.7 Å². The fraction of sp³-hybridized carbons (Fsp3) is 0.375. The Labute approximate surface area is 175 Å². The summed E-state index contributed by atoms with van der Waals surface area (Å²) in [6.45, 7) is 8.62. The minimum absolute atomic E-state index is 0.0766. The smallest absolute Gasteiger partial charge is 0.179 e. The number of halogens is 1. The summed E-state index contributed by atoms with van der Waals surface area (Å²) in [6, 6.07) is 10.9. The first-order chi connectivity index (χ1) is 14.0. The predicted molar refractivity (Wildman–Crippen MR) is 109 cm³/mol. The van der Waals surface area contributed by atoms with Gasteiger partial charge in [0, 0.05) is 6.07 Å². The third-order valence-electron chi connectivity index (χ3n) is 5.33. The molecular weight excluding hydrogens is 385 g/mol. The molecule has 0 radical (unpaired) electrons. The fourth-order valence-corrected chi connectivity index (χ4v) is 3.85. The summed E-state index contributed by atoms with van der Waals surface area (Å²) in [5, 5.41) is 8.87. The number of rotatable bonds is 4. The van der Waals surface area contributed by atoms with Gasteiger partial charge in [-0.05, 0) is 69.5 Å². The minimum Gasteiger partial charge on any atom is -0.457 e. The Morgan fingerprint density at radius 3 is 2.13 bits per heavy atom. The maximum atomic E-state index is 13.9. The first-order valence-corrected chi connectivity index (χ1v) is 9.79. The van der Waals surface area contributed by atoms with Crippen molar-refractivity contribution in [2.75, 3.05) is 0 Å². The molecule has 0 N–H and O–H groups in total. The second-order valence-corrected chi connectivity index (χ2v) is 8.35. The quantitative estimate of drug-likeness (QED) is 0.674. The highest BCUT2D eigenvalue weighted by molar-refractivity contribution is 6.15. The molecule has 5 nitrogen and oxygen atoms in total. The van der Waals surface area contributed by atoms with Gasteiger partial charge in [0.2, 0.25) is 0 Å². The van der Waals surface area contributed by atoms with E-state index in [1.165, 1.54) is 12.1 Å². The van der Waals surface area contributed by atoms with Crippen LogP contribution >= 0.6 is 0 Å². The van der Waals surface area contributed by atoms with Gasteiger partial charge in [-0.1, -0.05) is 13.0 Å². The van der Waals surface area contributed by atoms with E-state index < -0.39 is 22.9 Å². The molecule has 156 valence electrons. The highest BCUT2D eigenvalue weighted by Gasteiger charge is 2.53. The van der Waals surface area contributed by atoms with Crippen molar-refractivity contribution in [2.45, 2.75) is 58.2 Å². The van der Waals surface area contributed by atoms with Crippen LogP contribution in [0, 0.1) is 17.1 Å². The molecule has 1 aliphatic rings. The number of ether oxygens (including phenoxy) is 2. The molecule has 0 unspecified atom stereocenters. The van der Waals surface area contributed by atoms with Gasteiger partial charge in [0.05, 0.1) is 5.56 Å². The summed E-state index contributed by atoms with van der Waals surface area (Å²) < 4.78 is 25.4. The van der Waals surface area contributed by atoms with E-state index in [9.17, 15) is 14.0 Å². The molecule has 0 bridgehead atoms. The third-order valence-corrected chi connectivity index (χ3v) is 5.33. The lowest BCUT2D eigenvalue weighted by atomic mass is 9.73. The maximum absolute atomic E-state index is 13.9. The Kier molecular flexibility index (Phi) is 5.53. The average molecular weight is 409 g/mol. The second-order valence-electron chi connectivity index (χ2n) is 8.35. The van der Waals surface area contributed by atoms with Crippen molar-refractivity contribution in [2.24, 2.45) is 0 Å². The van der Waals surface area contributed by atoms with Gasteiger partial charge < -0.3 is 9.47 Å². The molecule has 2 aromatic rings. The lowest BCUT2D eigenvalue weighted by Crippen LogP contribution is -2.58. The van der Waals surface area contributed by atoms with Crippen molar-refractivity contribution in [3.8, 4) is 17.6 Å². The Bertz CT molecular complexity index is 1040. The number of Topliss-reactive ketones (excluding diaryl/α,β-unsaturated/α-hetero) is 2. The van der Waals surface area contributed by atoms with Crippen LogP contribution in [-0.2, 0) is 20.7 Å². The summed E-state index contributed by atoms with van der Waals surface area (Å²) in [7, 11) is 0. The van der Waals surface area contributed by atoms with Crippen LogP contribution in [0.25, 0.3) is 0 Å². The van der Waals surface area contributed by atoms with Gasteiger partial charge >= 0.3 is 0 Å². The van der Waals surface area contributed by atoms with Crippen LogP contribution in [0.15, 0.2) is 36.4 Å². The molecule has 0 aromatic heterocycles. The van der Waals surface area contributed by atoms with Gasteiger partial charge in [-0.3, -0.25) is 9.59 Å². The number of ketones is 2. The van der Waals surface area contributed by atoms with Crippen LogP contribution in [0.2, 0.25) is 0 Å². The van der Waals surface area contributed by atoms with Gasteiger partial charge in [-0.25, -0.2) is 4.39 Å². The molecule has 1 heterocycles. The van der Waals surface area contributed by atoms with Crippen LogP contribution in [0.1, 0.15) is 57.2 Å². The minimum atomic E-state index is -1.11. The van der Waals surface area contributed by atoms with Crippen molar-refractivity contribution in [1.29, 1.82) is 5.26 Å². The van der Waals surface area contributed by atoms with E-state index in [4.69, 9.17) is 14.7 Å². The van der Waals surface area contributed by atoms with Crippen LogP contribution in [0.5, 0.6) is 11.5 Å². The molecule has 0 atom stereocenters. The summed E-state index contributed by atoms with van der Waals surface area (Å²) in [5.74, 6) is -1.68. The molecule has 1 saturated heterocycles. The number of hydrogen-bond donors (Lipinski definition) is 0. The Morgan fingerprint density at radius 1 is 1.03 bits per heavy atom. The normalized spacial score (nSPS) is 18.2. The number of nitrogens with zero attached hydrogens (tertiary/aromatic N) is 1. The van der Waals surface area contributed by atoms with Crippen LogP contribution < -0.4 is 4.74 Å². The summed E-state index contributed by atoms with van der Waals surface area (Å²) in [6.07, 6.45) is 0.625. The zero-order valence-electron chi connectivity index (χ0n) is 17.7. The first-order valence-electron chi connectivity index (χ1n) is 9.79. The Hall–Kier alpha value is -3.04. The van der Waals surface area contributed by atoms with Crippen molar-refractivity contribution in [3.63, 3.8) is 0 Å². The average Bonchev–Trinajstić information content (AvgIpc) is 2.67. The summed E-state index contributed by atoms with van der Waals surface area (Å²) in [5.41, 5.74) is -0.871. The van der Waals surface area contributed by atoms with Gasteiger partial charge in [-0.15, -0.1) is 0 Å². The van der Waals surface area contributed by atoms with E-state index in [1.807, 2.05) is 6.92 Å². The molecule has 1 aliphatic heterocycles. The van der Waals surface area contributed by atoms with Crippen LogP contribution in [0.4, 0.5) is 4.39 Å². The Balaban J connectivity index is 2.04. The van der Waals surface area contributed by atoms with Crippen molar-refractivity contribution >= 4 is 11.6 Å². The highest BCUT2D eigenvalue weighted by Crippen LogP contribution is 2.41. The van der Waals surface area contributed by atoms with E-state index in [0.717, 1.165) is 11.6 Å². The molecule has 3 rings (SSSR count). The fourth-order valence-electron chi connectivity index (χ4n) is 3.85. The van der Waals surface area contributed by atoms with Gasteiger partial charge in [0.15, 0.2) is 11.6 Å². The monoisotopic (exact) mass is 409 g/mol. The number of benzene rings is 2. The molecular formula is C24H24FNO4. The number of carbonyl (C=O) groups excluding carboxylic acids is 2. The van der Waals surface area contributed by atoms with Crippen molar-refractivity contribution in [3.05, 3.63) is 58.9 Å². The molecule has 2 aromatic carbocycles. The molecule has 0 saturated carbocycles. The highest BCUT2D eigenvalue weighted by atomic mass is 19.1. The SMILES string of the molecule is CCc1ccc(Oc2ccc(C#N)c(F)c2)cc1C1C(=O)C(C)(C)OC(C)(C)C1=O. The largest absolute Gasteiger partial charge is 0.457 e. The summed E-state index contributed by atoms with van der Waals surface area (Å²) in [4.78, 5) is 26.3. The topological polar surface area (TPSA) is 76.4 Å². The number of carbonyl (C=O) groups is 2. The molecule has 0 amide bonds. The van der Waals surface area contributed by atoms with Gasteiger partial charge in [0.25, 0.3) is 0 Å². The molecule has 6 heteroatoms. The zero-order valence-corrected chi connectivity index (χ0v) is 17.7. The number of hydrogen-bond acceptors (Lipinski definition) is 5. The zero-order chi connectivity index (χ0) is 22.3. The van der Waals surface area contributed by atoms with Crippen molar-refractivity contribution < 1.29 is 23.5 Å². The standard InChI is InChI=1S/C24H24FNO4/c1-6-14-7-9-16(29-17-10-8-15(13-26)19(25)12-17)11-18(14)20-21(27)23(2,3)30-24(4,5)22(20)28/h7-12,20H,6H2,1-5H3. The number of aryl methyl sites for hydroxylation is 1. The van der Waals surface area contributed by atoms with Crippen LogP contribution in [0.3, 0.4) is 0 Å². The lowest BCUT2D eigenvalue weighted by Gasteiger charge is -2.43. The number of nitriles is 1. The van der Waals surface area contributed by atoms with Crippen LogP contribution in [-0.4, -0.2) is 22.8 Å². The third kappa shape index (κ3) is 3.86.